The van der Waals surface area contributed by atoms with Gasteiger partial charge in [0, 0.05) is 0 Å². The third-order valence-electron chi connectivity index (χ3n) is 2.86. The minimum Gasteiger partial charge on any atom is -0.508 e. The number of esters is 1. The molecule has 4 N–H and O–H groups in total. The Morgan fingerprint density at radius 3 is 2.40 bits per heavy atom. The van der Waals surface area contributed by atoms with Crippen LogP contribution in [-0.4, -0.2) is 35.7 Å². The molecule has 1 aromatic carbocycles. The van der Waals surface area contributed by atoms with Gasteiger partial charge in [-0.05, 0) is 38.0 Å². The van der Waals surface area contributed by atoms with Crippen LogP contribution >= 0.6 is 0 Å². The zero-order valence-corrected chi connectivity index (χ0v) is 11.8. The Morgan fingerprint density at radius 2 is 1.90 bits per heavy atom. The van der Waals surface area contributed by atoms with E-state index in [-0.39, 0.29) is 5.75 Å². The van der Waals surface area contributed by atoms with Crippen LogP contribution in [0.1, 0.15) is 19.4 Å². The third kappa shape index (κ3) is 4.24. The van der Waals surface area contributed by atoms with Gasteiger partial charge < -0.3 is 20.9 Å². The molecule has 0 saturated heterocycles. The first-order valence-corrected chi connectivity index (χ1v) is 6.20. The largest absolute Gasteiger partial charge is 0.508 e. The molecule has 6 nitrogen and oxygen atoms in total. The van der Waals surface area contributed by atoms with Gasteiger partial charge in [-0.3, -0.25) is 4.79 Å². The van der Waals surface area contributed by atoms with Crippen molar-refractivity contribution in [3.63, 3.8) is 0 Å². The maximum atomic E-state index is 12.0. The van der Waals surface area contributed by atoms with E-state index in [0.29, 0.717) is 6.42 Å². The van der Waals surface area contributed by atoms with Crippen molar-refractivity contribution in [2.75, 3.05) is 7.11 Å². The molecule has 1 unspecified atom stereocenters. The molecule has 0 bridgehead atoms. The van der Waals surface area contributed by atoms with Crippen LogP contribution in [0, 0.1) is 0 Å². The Hall–Kier alpha value is -2.08. The lowest BCUT2D eigenvalue weighted by atomic mass is 10.0. The van der Waals surface area contributed by atoms with Crippen LogP contribution in [0.5, 0.6) is 5.75 Å². The summed E-state index contributed by atoms with van der Waals surface area (Å²) in [7, 11) is 1.26. The first kappa shape index (κ1) is 16.0. The van der Waals surface area contributed by atoms with Crippen molar-refractivity contribution in [3.05, 3.63) is 29.8 Å². The second-order valence-corrected chi connectivity index (χ2v) is 5.08. The van der Waals surface area contributed by atoms with E-state index in [4.69, 9.17) is 5.73 Å². The summed E-state index contributed by atoms with van der Waals surface area (Å²) in [6.45, 7) is 3.09. The summed E-state index contributed by atoms with van der Waals surface area (Å²) in [4.78, 5) is 23.4. The molecule has 6 heteroatoms. The Morgan fingerprint density at radius 1 is 1.35 bits per heavy atom. The number of rotatable bonds is 5. The van der Waals surface area contributed by atoms with Gasteiger partial charge in [-0.15, -0.1) is 0 Å². The summed E-state index contributed by atoms with van der Waals surface area (Å²) in [5.41, 5.74) is 5.50. The number of methoxy groups -OCH3 is 1. The lowest BCUT2D eigenvalue weighted by molar-refractivity contribution is -0.149. The average molecular weight is 280 g/mol. The van der Waals surface area contributed by atoms with Crippen LogP contribution in [0.2, 0.25) is 0 Å². The number of benzene rings is 1. The predicted octanol–water partition coefficient (Wildman–Crippen LogP) is 0.330. The molecule has 0 spiro atoms. The number of carbonyl (C=O) groups excluding carboxylic acids is 2. The maximum Gasteiger partial charge on any atom is 0.330 e. The number of aromatic hydroxyl groups is 1. The first-order chi connectivity index (χ1) is 9.26. The highest BCUT2D eigenvalue weighted by Gasteiger charge is 2.32. The third-order valence-corrected chi connectivity index (χ3v) is 2.86. The summed E-state index contributed by atoms with van der Waals surface area (Å²) >= 11 is 0. The van der Waals surface area contributed by atoms with Gasteiger partial charge in [-0.25, -0.2) is 4.79 Å². The smallest absolute Gasteiger partial charge is 0.330 e. The maximum absolute atomic E-state index is 12.0. The van der Waals surface area contributed by atoms with Crippen molar-refractivity contribution >= 4 is 11.9 Å². The van der Waals surface area contributed by atoms with Crippen molar-refractivity contribution < 1.29 is 19.4 Å². The van der Waals surface area contributed by atoms with Gasteiger partial charge in [0.25, 0.3) is 0 Å². The van der Waals surface area contributed by atoms with Crippen LogP contribution in [0.25, 0.3) is 0 Å². The van der Waals surface area contributed by atoms with E-state index in [9.17, 15) is 14.7 Å². The molecule has 0 fully saturated rings. The minimum absolute atomic E-state index is 0.151. The number of nitrogens with two attached hydrogens (primary N) is 1. The van der Waals surface area contributed by atoms with E-state index >= 15 is 0 Å². The molecule has 0 radical (unpaired) electrons. The number of phenols is 1. The Balaban J connectivity index is 2.63. The average Bonchev–Trinajstić information content (AvgIpc) is 2.39. The van der Waals surface area contributed by atoms with Gasteiger partial charge in [-0.2, -0.15) is 0 Å². The van der Waals surface area contributed by atoms with Crippen molar-refractivity contribution in [2.45, 2.75) is 31.8 Å². The number of ether oxygens (including phenoxy) is 1. The summed E-state index contributed by atoms with van der Waals surface area (Å²) in [6.07, 6.45) is 0.309. The predicted molar refractivity (Wildman–Crippen MR) is 74.0 cm³/mol. The number of phenolic OH excluding ortho intramolecular Hbond substituents is 1. The molecular formula is C14H20N2O4. The number of amides is 1. The van der Waals surface area contributed by atoms with Crippen molar-refractivity contribution in [1.82, 2.24) is 5.32 Å². The second-order valence-electron chi connectivity index (χ2n) is 5.08. The highest BCUT2D eigenvalue weighted by Crippen LogP contribution is 2.11. The fraction of sp³-hybridized carbons (Fsp3) is 0.429. The molecule has 0 aliphatic rings. The van der Waals surface area contributed by atoms with E-state index in [1.165, 1.54) is 19.2 Å². The topological polar surface area (TPSA) is 102 Å². The Labute approximate surface area is 117 Å². The van der Waals surface area contributed by atoms with Crippen LogP contribution in [-0.2, 0) is 20.7 Å². The van der Waals surface area contributed by atoms with E-state index in [0.717, 1.165) is 5.56 Å². The molecule has 0 heterocycles. The van der Waals surface area contributed by atoms with Gasteiger partial charge in [-0.1, -0.05) is 12.1 Å². The quantitative estimate of drug-likeness (QED) is 0.675. The monoisotopic (exact) mass is 280 g/mol. The van der Waals surface area contributed by atoms with E-state index in [2.05, 4.69) is 10.1 Å². The summed E-state index contributed by atoms with van der Waals surface area (Å²) in [5, 5.41) is 11.7. The zero-order chi connectivity index (χ0) is 15.3. The number of nitrogens with one attached hydrogen (secondary N) is 1. The molecule has 0 aliphatic carbocycles. The van der Waals surface area contributed by atoms with Crippen LogP contribution < -0.4 is 11.1 Å². The van der Waals surface area contributed by atoms with Gasteiger partial charge in [0.15, 0.2) is 0 Å². The molecule has 1 aromatic rings. The van der Waals surface area contributed by atoms with Crippen molar-refractivity contribution in [2.24, 2.45) is 5.73 Å². The van der Waals surface area contributed by atoms with Gasteiger partial charge >= 0.3 is 5.97 Å². The molecular weight excluding hydrogens is 260 g/mol. The van der Waals surface area contributed by atoms with Crippen molar-refractivity contribution in [3.8, 4) is 5.75 Å². The second kappa shape index (κ2) is 6.38. The first-order valence-electron chi connectivity index (χ1n) is 6.20. The van der Waals surface area contributed by atoms with Crippen LogP contribution in [0.15, 0.2) is 24.3 Å². The van der Waals surface area contributed by atoms with Gasteiger partial charge in [0.1, 0.15) is 11.3 Å². The molecule has 1 atom stereocenters. The molecule has 110 valence electrons. The fourth-order valence-electron chi connectivity index (χ4n) is 1.69. The van der Waals surface area contributed by atoms with Crippen LogP contribution in [0.4, 0.5) is 0 Å². The molecule has 0 saturated carbocycles. The van der Waals surface area contributed by atoms with E-state index < -0.39 is 23.5 Å². The highest BCUT2D eigenvalue weighted by molar-refractivity contribution is 5.89. The van der Waals surface area contributed by atoms with E-state index in [1.807, 2.05) is 0 Å². The van der Waals surface area contributed by atoms with Crippen LogP contribution in [0.3, 0.4) is 0 Å². The van der Waals surface area contributed by atoms with Crippen molar-refractivity contribution in [1.29, 1.82) is 0 Å². The van der Waals surface area contributed by atoms with Gasteiger partial charge in [0.2, 0.25) is 5.91 Å². The lowest BCUT2D eigenvalue weighted by Gasteiger charge is -2.25. The molecule has 20 heavy (non-hydrogen) atoms. The normalized spacial score (nSPS) is 12.6. The lowest BCUT2D eigenvalue weighted by Crippen LogP contribution is -2.55. The number of hydrogen-bond acceptors (Lipinski definition) is 5. The molecule has 0 aliphatic heterocycles. The molecule has 0 aromatic heterocycles. The standard InChI is InChI=1S/C14H20N2O4/c1-14(2,13(19)20-3)16-12(18)11(15)8-9-4-6-10(17)7-5-9/h4-7,11,17H,8,15H2,1-3H3,(H,16,18). The summed E-state index contributed by atoms with van der Waals surface area (Å²) in [6, 6.07) is 5.64. The molecule has 1 amide bonds. The SMILES string of the molecule is COC(=O)C(C)(C)NC(=O)C(N)Cc1ccc(O)cc1. The summed E-state index contributed by atoms with van der Waals surface area (Å²) in [5.74, 6) is -0.824. The number of carbonyl (C=O) groups is 2. The number of hydrogen-bond donors (Lipinski definition) is 3. The summed E-state index contributed by atoms with van der Waals surface area (Å²) < 4.78 is 4.60. The minimum atomic E-state index is -1.13. The van der Waals surface area contributed by atoms with Gasteiger partial charge in [0.05, 0.1) is 13.2 Å². The zero-order valence-electron chi connectivity index (χ0n) is 11.8. The van der Waals surface area contributed by atoms with E-state index in [1.54, 1.807) is 26.0 Å². The Kier molecular flexibility index (Phi) is 5.10. The molecule has 1 rings (SSSR count). The highest BCUT2D eigenvalue weighted by atomic mass is 16.5. The fourth-order valence-corrected chi connectivity index (χ4v) is 1.69. The Bertz CT molecular complexity index is 482.